The number of nitrogens with zero attached hydrogens (tertiary/aromatic N) is 4. The first-order valence-corrected chi connectivity index (χ1v) is 10.7. The molecule has 2 aromatic carbocycles. The van der Waals surface area contributed by atoms with Crippen molar-refractivity contribution in [2.45, 2.75) is 25.0 Å². The SMILES string of the molecule is N#CCNC(=O)c1ccc(-c2ccnc(Cc3ccc(N4C[C@@H]5C[C@H]4CO5)cc3)n2)cc1. The number of hydrogen-bond acceptors (Lipinski definition) is 6. The van der Waals surface area contributed by atoms with Crippen molar-refractivity contribution >= 4 is 11.6 Å². The van der Waals surface area contributed by atoms with Gasteiger partial charge in [0.15, 0.2) is 0 Å². The highest BCUT2D eigenvalue weighted by atomic mass is 16.5. The standard InChI is InChI=1S/C25H23N5O2/c26-10-12-28-25(31)19-5-3-18(4-6-19)23-9-11-27-24(29-23)13-17-1-7-20(8-2-17)30-15-22-14-21(30)16-32-22/h1-9,11,21-22H,12-16H2,(H,28,31)/t21-,22-/m0/s1. The molecular weight excluding hydrogens is 402 g/mol. The van der Waals surface area contributed by atoms with Crippen molar-refractivity contribution in [3.05, 3.63) is 77.7 Å². The van der Waals surface area contributed by atoms with Gasteiger partial charge >= 0.3 is 0 Å². The highest BCUT2D eigenvalue weighted by molar-refractivity contribution is 5.94. The summed E-state index contributed by atoms with van der Waals surface area (Å²) in [5.74, 6) is 0.485. The van der Waals surface area contributed by atoms with Crippen molar-refractivity contribution in [3.63, 3.8) is 0 Å². The summed E-state index contributed by atoms with van der Waals surface area (Å²) in [6.45, 7) is 1.80. The molecule has 5 rings (SSSR count). The van der Waals surface area contributed by atoms with E-state index in [9.17, 15) is 4.79 Å². The second-order valence-corrected chi connectivity index (χ2v) is 8.12. The molecular formula is C25H23N5O2. The van der Waals surface area contributed by atoms with Crippen LogP contribution in [0.4, 0.5) is 5.69 Å². The van der Waals surface area contributed by atoms with Crippen LogP contribution in [0, 0.1) is 11.3 Å². The number of rotatable bonds is 6. The number of carbonyl (C=O) groups is 1. The number of anilines is 1. The Morgan fingerprint density at radius 2 is 1.97 bits per heavy atom. The van der Waals surface area contributed by atoms with Gasteiger partial charge in [-0.3, -0.25) is 4.79 Å². The molecule has 2 fully saturated rings. The molecule has 2 aliphatic heterocycles. The van der Waals surface area contributed by atoms with Gasteiger partial charge in [-0.05, 0) is 42.3 Å². The van der Waals surface area contributed by atoms with Crippen molar-refractivity contribution in [2.75, 3.05) is 24.6 Å². The van der Waals surface area contributed by atoms with Gasteiger partial charge in [0.25, 0.3) is 5.91 Å². The molecule has 1 N–H and O–H groups in total. The maximum atomic E-state index is 12.0. The van der Waals surface area contributed by atoms with Gasteiger partial charge in [0.2, 0.25) is 0 Å². The lowest BCUT2D eigenvalue weighted by molar-refractivity contribution is 0.0958. The van der Waals surface area contributed by atoms with Crippen LogP contribution >= 0.6 is 0 Å². The van der Waals surface area contributed by atoms with Gasteiger partial charge in [-0.2, -0.15) is 5.26 Å². The third kappa shape index (κ3) is 4.18. The van der Waals surface area contributed by atoms with Gasteiger partial charge in [-0.1, -0.05) is 24.3 Å². The number of benzene rings is 2. The second kappa shape index (κ2) is 8.77. The number of amides is 1. The predicted molar refractivity (Wildman–Crippen MR) is 120 cm³/mol. The Kier molecular flexibility index (Phi) is 5.53. The molecule has 3 heterocycles. The Morgan fingerprint density at radius 1 is 1.16 bits per heavy atom. The molecule has 3 aromatic rings. The van der Waals surface area contributed by atoms with E-state index >= 15 is 0 Å². The summed E-state index contributed by atoms with van der Waals surface area (Å²) in [4.78, 5) is 23.6. The summed E-state index contributed by atoms with van der Waals surface area (Å²) in [5.41, 5.74) is 4.64. The van der Waals surface area contributed by atoms with E-state index < -0.39 is 0 Å². The molecule has 2 bridgehead atoms. The third-order valence-electron chi connectivity index (χ3n) is 6.01. The van der Waals surface area contributed by atoms with Gasteiger partial charge in [-0.25, -0.2) is 9.97 Å². The largest absolute Gasteiger partial charge is 0.374 e. The van der Waals surface area contributed by atoms with Crippen LogP contribution in [0.3, 0.4) is 0 Å². The molecule has 0 spiro atoms. The van der Waals surface area contributed by atoms with Crippen LogP contribution in [-0.4, -0.2) is 47.7 Å². The molecule has 32 heavy (non-hydrogen) atoms. The van der Waals surface area contributed by atoms with Crippen molar-refractivity contribution in [3.8, 4) is 17.3 Å². The van der Waals surface area contributed by atoms with E-state index in [1.807, 2.05) is 24.3 Å². The van der Waals surface area contributed by atoms with Crippen LogP contribution in [0.25, 0.3) is 11.3 Å². The molecule has 2 saturated heterocycles. The zero-order valence-corrected chi connectivity index (χ0v) is 17.6. The summed E-state index contributed by atoms with van der Waals surface area (Å²) in [7, 11) is 0. The number of morpholine rings is 1. The third-order valence-corrected chi connectivity index (χ3v) is 6.01. The summed E-state index contributed by atoms with van der Waals surface area (Å²) in [5, 5.41) is 11.1. The van der Waals surface area contributed by atoms with E-state index in [0.717, 1.165) is 42.2 Å². The molecule has 0 radical (unpaired) electrons. The van der Waals surface area contributed by atoms with Crippen LogP contribution in [0.1, 0.15) is 28.2 Å². The lowest BCUT2D eigenvalue weighted by Crippen LogP contribution is -2.36. The van der Waals surface area contributed by atoms with Crippen molar-refractivity contribution in [2.24, 2.45) is 0 Å². The molecule has 2 aliphatic rings. The average molecular weight is 425 g/mol. The first-order chi connectivity index (χ1) is 15.7. The molecule has 0 saturated carbocycles. The molecule has 1 aromatic heterocycles. The maximum absolute atomic E-state index is 12.0. The molecule has 160 valence electrons. The predicted octanol–water partition coefficient (Wildman–Crippen LogP) is 2.97. The van der Waals surface area contributed by atoms with Crippen molar-refractivity contribution in [1.29, 1.82) is 5.26 Å². The topological polar surface area (TPSA) is 91.1 Å². The highest BCUT2D eigenvalue weighted by Gasteiger charge is 2.38. The van der Waals surface area contributed by atoms with Crippen LogP contribution in [0.15, 0.2) is 60.8 Å². The first-order valence-electron chi connectivity index (χ1n) is 10.7. The molecule has 7 nitrogen and oxygen atoms in total. The Morgan fingerprint density at radius 3 is 2.66 bits per heavy atom. The number of fused-ring (bicyclic) bond motifs is 2. The van der Waals surface area contributed by atoms with E-state index in [1.165, 1.54) is 5.69 Å². The van der Waals surface area contributed by atoms with E-state index in [0.29, 0.717) is 24.1 Å². The molecule has 0 aliphatic carbocycles. The minimum atomic E-state index is -0.265. The van der Waals surface area contributed by atoms with Crippen molar-refractivity contribution in [1.82, 2.24) is 15.3 Å². The van der Waals surface area contributed by atoms with E-state index in [1.54, 1.807) is 18.3 Å². The Hall–Kier alpha value is -3.76. The molecule has 1 amide bonds. The fourth-order valence-corrected chi connectivity index (χ4v) is 4.36. The second-order valence-electron chi connectivity index (χ2n) is 8.12. The Labute approximate surface area is 186 Å². The van der Waals surface area contributed by atoms with Crippen LogP contribution < -0.4 is 10.2 Å². The fourth-order valence-electron chi connectivity index (χ4n) is 4.36. The Balaban J connectivity index is 1.26. The molecule has 0 unspecified atom stereocenters. The van der Waals surface area contributed by atoms with E-state index in [-0.39, 0.29) is 12.5 Å². The summed E-state index contributed by atoms with van der Waals surface area (Å²) in [6.07, 6.45) is 3.93. The average Bonchev–Trinajstić information content (AvgIpc) is 3.47. The number of nitrogens with one attached hydrogen (secondary N) is 1. The van der Waals surface area contributed by atoms with Gasteiger partial charge in [0.05, 0.1) is 30.5 Å². The molecule has 7 heteroatoms. The van der Waals surface area contributed by atoms with Crippen LogP contribution in [-0.2, 0) is 11.2 Å². The molecule has 2 atom stereocenters. The zero-order chi connectivity index (χ0) is 21.9. The minimum Gasteiger partial charge on any atom is -0.374 e. The minimum absolute atomic E-state index is 0.00954. The summed E-state index contributed by atoms with van der Waals surface area (Å²) >= 11 is 0. The van der Waals surface area contributed by atoms with E-state index in [2.05, 4.69) is 39.5 Å². The summed E-state index contributed by atoms with van der Waals surface area (Å²) < 4.78 is 5.70. The first kappa shape index (κ1) is 20.2. The lowest BCUT2D eigenvalue weighted by Gasteiger charge is -2.29. The number of ether oxygens (including phenoxy) is 1. The summed E-state index contributed by atoms with van der Waals surface area (Å²) in [6, 6.07) is 20.1. The zero-order valence-electron chi connectivity index (χ0n) is 17.6. The Bertz CT molecular complexity index is 1150. The van der Waals surface area contributed by atoms with Gasteiger partial charge in [0, 0.05) is 36.0 Å². The van der Waals surface area contributed by atoms with Gasteiger partial charge in [0.1, 0.15) is 12.4 Å². The number of aromatic nitrogens is 2. The monoisotopic (exact) mass is 425 g/mol. The van der Waals surface area contributed by atoms with Crippen LogP contribution in [0.5, 0.6) is 0 Å². The number of carbonyl (C=O) groups excluding carboxylic acids is 1. The smallest absolute Gasteiger partial charge is 0.252 e. The highest BCUT2D eigenvalue weighted by Crippen LogP contribution is 2.32. The van der Waals surface area contributed by atoms with Crippen molar-refractivity contribution < 1.29 is 9.53 Å². The van der Waals surface area contributed by atoms with E-state index in [4.69, 9.17) is 15.0 Å². The number of hydrogen-bond donors (Lipinski definition) is 1. The quantitative estimate of drug-likeness (QED) is 0.611. The van der Waals surface area contributed by atoms with Crippen LogP contribution in [0.2, 0.25) is 0 Å². The van der Waals surface area contributed by atoms with Gasteiger partial charge in [-0.15, -0.1) is 0 Å². The van der Waals surface area contributed by atoms with Gasteiger partial charge < -0.3 is 15.0 Å². The maximum Gasteiger partial charge on any atom is 0.252 e. The normalized spacial score (nSPS) is 19.0. The fraction of sp³-hybridized carbons (Fsp3) is 0.280. The number of nitriles is 1. The lowest BCUT2D eigenvalue weighted by atomic mass is 10.1.